The molecule has 1 heterocycles. The van der Waals surface area contributed by atoms with Crippen molar-refractivity contribution in [2.45, 2.75) is 32.6 Å². The molecular weight excluding hydrogens is 330 g/mol. The van der Waals surface area contributed by atoms with Gasteiger partial charge in [0.15, 0.2) is 0 Å². The lowest BCUT2D eigenvalue weighted by Crippen LogP contribution is -2.09. The molecule has 1 unspecified atom stereocenters. The zero-order chi connectivity index (χ0) is 18.8. The highest BCUT2D eigenvalue weighted by molar-refractivity contribution is 5.83. The van der Waals surface area contributed by atoms with Gasteiger partial charge < -0.3 is 9.84 Å². The van der Waals surface area contributed by atoms with Gasteiger partial charge in [0, 0.05) is 13.0 Å². The molecule has 0 aliphatic carbocycles. The van der Waals surface area contributed by atoms with Gasteiger partial charge >= 0.3 is 5.97 Å². The summed E-state index contributed by atoms with van der Waals surface area (Å²) in [6, 6.07) is 9.97. The van der Waals surface area contributed by atoms with Crippen LogP contribution in [0.2, 0.25) is 0 Å². The van der Waals surface area contributed by atoms with Crippen LogP contribution in [0.5, 0.6) is 5.75 Å². The van der Waals surface area contributed by atoms with Crippen LogP contribution in [-0.4, -0.2) is 33.2 Å². The molecule has 1 N–H and O–H groups in total. The fourth-order valence-corrected chi connectivity index (χ4v) is 3.42. The van der Waals surface area contributed by atoms with Gasteiger partial charge in [-0.2, -0.15) is 0 Å². The van der Waals surface area contributed by atoms with Gasteiger partial charge in [-0.25, -0.2) is 4.68 Å². The van der Waals surface area contributed by atoms with Crippen LogP contribution in [0.3, 0.4) is 0 Å². The molecule has 0 spiro atoms. The average Bonchev–Trinajstić information content (AvgIpc) is 3.00. The lowest BCUT2D eigenvalue weighted by molar-refractivity contribution is -0.137. The highest BCUT2D eigenvalue weighted by Gasteiger charge is 2.22. The molecule has 1 aromatic heterocycles. The maximum Gasteiger partial charge on any atom is 0.304 e. The summed E-state index contributed by atoms with van der Waals surface area (Å²) in [5, 5.41) is 17.7. The Morgan fingerprint density at radius 1 is 1.27 bits per heavy atom. The molecule has 26 heavy (non-hydrogen) atoms. The van der Waals surface area contributed by atoms with Crippen LogP contribution in [0, 0.1) is 6.92 Å². The first-order valence-corrected chi connectivity index (χ1v) is 8.63. The third-order valence-electron chi connectivity index (χ3n) is 4.84. The second-order valence-electron chi connectivity index (χ2n) is 6.49. The molecule has 0 saturated carbocycles. The maximum atomic E-state index is 11.5. The number of aliphatic carboxylic acids is 1. The minimum atomic E-state index is -0.841. The molecule has 0 fully saturated rings. The topological polar surface area (TPSA) is 77.2 Å². The lowest BCUT2D eigenvalue weighted by Gasteiger charge is -2.19. The summed E-state index contributed by atoms with van der Waals surface area (Å²) >= 11 is 0. The highest BCUT2D eigenvalue weighted by Crippen LogP contribution is 2.35. The van der Waals surface area contributed by atoms with Crippen molar-refractivity contribution in [1.29, 1.82) is 0 Å². The van der Waals surface area contributed by atoms with Crippen molar-refractivity contribution in [1.82, 2.24) is 15.0 Å². The van der Waals surface area contributed by atoms with E-state index in [1.54, 1.807) is 18.8 Å². The number of methoxy groups -OCH3 is 1. The number of carboxylic acid groups (broad SMARTS) is 1. The number of nitrogens with zero attached hydrogens (tertiary/aromatic N) is 3. The molecular formula is C20H23N3O3. The Morgan fingerprint density at radius 3 is 2.69 bits per heavy atom. The van der Waals surface area contributed by atoms with Crippen molar-refractivity contribution in [2.75, 3.05) is 7.11 Å². The molecule has 3 aromatic rings. The summed E-state index contributed by atoms with van der Waals surface area (Å²) in [7, 11) is 3.40. The Kier molecular flexibility index (Phi) is 4.93. The standard InChI is InChI=1S/C20H23N3O3/c1-5-13-8-14(7-6-12(13)2)16(11-19(24)25)15-9-17-20(18(10-15)26-4)23(3)22-21-17/h6-10,16H,5,11H2,1-4H3,(H,24,25). The number of hydrogen-bond acceptors (Lipinski definition) is 4. The van der Waals surface area contributed by atoms with Gasteiger partial charge in [0.2, 0.25) is 0 Å². The molecule has 6 heteroatoms. The Labute approximate surface area is 152 Å². The molecule has 0 amide bonds. The first-order valence-electron chi connectivity index (χ1n) is 8.63. The number of aromatic nitrogens is 3. The largest absolute Gasteiger partial charge is 0.494 e. The van der Waals surface area contributed by atoms with Gasteiger partial charge in [0.05, 0.1) is 13.5 Å². The summed E-state index contributed by atoms with van der Waals surface area (Å²) < 4.78 is 7.17. The van der Waals surface area contributed by atoms with Gasteiger partial charge in [-0.05, 0) is 47.7 Å². The molecule has 6 nitrogen and oxygen atoms in total. The van der Waals surface area contributed by atoms with Crippen molar-refractivity contribution in [3.8, 4) is 5.75 Å². The number of benzene rings is 2. The van der Waals surface area contributed by atoms with Crippen LogP contribution in [0.15, 0.2) is 30.3 Å². The Hall–Kier alpha value is -2.89. The van der Waals surface area contributed by atoms with E-state index in [-0.39, 0.29) is 12.3 Å². The zero-order valence-electron chi connectivity index (χ0n) is 15.5. The molecule has 2 aromatic carbocycles. The second-order valence-corrected chi connectivity index (χ2v) is 6.49. The normalized spacial score (nSPS) is 12.3. The first-order chi connectivity index (χ1) is 12.4. The van der Waals surface area contributed by atoms with E-state index in [0.717, 1.165) is 23.1 Å². The van der Waals surface area contributed by atoms with Crippen molar-refractivity contribution in [2.24, 2.45) is 7.05 Å². The minimum absolute atomic E-state index is 0.00113. The van der Waals surface area contributed by atoms with E-state index < -0.39 is 5.97 Å². The smallest absolute Gasteiger partial charge is 0.304 e. The van der Waals surface area contributed by atoms with Crippen molar-refractivity contribution >= 4 is 17.0 Å². The molecule has 0 radical (unpaired) electrons. The average molecular weight is 353 g/mol. The first kappa shape index (κ1) is 17.9. The summed E-state index contributed by atoms with van der Waals surface area (Å²) in [6.45, 7) is 4.18. The van der Waals surface area contributed by atoms with Gasteiger partial charge in [-0.15, -0.1) is 5.10 Å². The van der Waals surface area contributed by atoms with E-state index in [2.05, 4.69) is 36.3 Å². The molecule has 0 aliphatic rings. The van der Waals surface area contributed by atoms with E-state index >= 15 is 0 Å². The number of ether oxygens (including phenoxy) is 1. The molecule has 0 bridgehead atoms. The Bertz CT molecular complexity index is 962. The number of hydrogen-bond donors (Lipinski definition) is 1. The van der Waals surface area contributed by atoms with Crippen LogP contribution < -0.4 is 4.74 Å². The molecule has 3 rings (SSSR count). The molecule has 0 saturated heterocycles. The third-order valence-corrected chi connectivity index (χ3v) is 4.84. The fourth-order valence-electron chi connectivity index (χ4n) is 3.42. The van der Waals surface area contributed by atoms with Crippen molar-refractivity contribution in [3.05, 3.63) is 52.6 Å². The number of carbonyl (C=O) groups is 1. The monoisotopic (exact) mass is 353 g/mol. The highest BCUT2D eigenvalue weighted by atomic mass is 16.5. The fraction of sp³-hybridized carbons (Fsp3) is 0.350. The summed E-state index contributed by atoms with van der Waals surface area (Å²) in [4.78, 5) is 11.5. The Balaban J connectivity index is 2.17. The molecule has 0 aliphatic heterocycles. The van der Waals surface area contributed by atoms with Crippen molar-refractivity contribution < 1.29 is 14.6 Å². The summed E-state index contributed by atoms with van der Waals surface area (Å²) in [5.74, 6) is -0.478. The maximum absolute atomic E-state index is 11.5. The SMILES string of the molecule is CCc1cc(C(CC(=O)O)c2cc(OC)c3c(c2)nnn3C)ccc1C. The molecule has 1 atom stereocenters. The number of fused-ring (bicyclic) bond motifs is 1. The van der Waals surface area contributed by atoms with E-state index in [1.165, 1.54) is 11.1 Å². The van der Waals surface area contributed by atoms with Gasteiger partial charge in [-0.3, -0.25) is 4.79 Å². The summed E-state index contributed by atoms with van der Waals surface area (Å²) in [6.07, 6.45) is 0.910. The van der Waals surface area contributed by atoms with Crippen molar-refractivity contribution in [3.63, 3.8) is 0 Å². The number of rotatable bonds is 6. The molecule has 136 valence electrons. The van der Waals surface area contributed by atoms with Crippen LogP contribution in [0.1, 0.15) is 41.5 Å². The van der Waals surface area contributed by atoms with Crippen LogP contribution in [0.25, 0.3) is 11.0 Å². The van der Waals surface area contributed by atoms with E-state index in [9.17, 15) is 9.90 Å². The van der Waals surface area contributed by atoms with Crippen LogP contribution in [0.4, 0.5) is 0 Å². The predicted molar refractivity (Wildman–Crippen MR) is 99.7 cm³/mol. The number of carboxylic acids is 1. The van der Waals surface area contributed by atoms with E-state index in [1.807, 2.05) is 18.2 Å². The lowest BCUT2D eigenvalue weighted by atomic mass is 9.86. The quantitative estimate of drug-likeness (QED) is 0.734. The second kappa shape index (κ2) is 7.15. The van der Waals surface area contributed by atoms with Gasteiger partial charge in [0.25, 0.3) is 0 Å². The summed E-state index contributed by atoms with van der Waals surface area (Å²) in [5.41, 5.74) is 5.78. The Morgan fingerprint density at radius 2 is 2.04 bits per heavy atom. The predicted octanol–water partition coefficient (Wildman–Crippen LogP) is 3.45. The van der Waals surface area contributed by atoms with E-state index in [4.69, 9.17) is 4.74 Å². The minimum Gasteiger partial charge on any atom is -0.494 e. The van der Waals surface area contributed by atoms with Crippen LogP contribution in [-0.2, 0) is 18.3 Å². The number of aryl methyl sites for hydroxylation is 3. The van der Waals surface area contributed by atoms with Gasteiger partial charge in [0.1, 0.15) is 16.8 Å². The third kappa shape index (κ3) is 3.27. The van der Waals surface area contributed by atoms with Crippen LogP contribution >= 0.6 is 0 Å². The van der Waals surface area contributed by atoms with E-state index in [0.29, 0.717) is 11.3 Å². The van der Waals surface area contributed by atoms with Gasteiger partial charge in [-0.1, -0.05) is 30.3 Å². The zero-order valence-corrected chi connectivity index (χ0v) is 15.5.